The number of benzene rings is 1. The summed E-state index contributed by atoms with van der Waals surface area (Å²) in [5.74, 6) is -1.41. The molecule has 1 heterocycles. The summed E-state index contributed by atoms with van der Waals surface area (Å²) in [5, 5.41) is 9.19. The number of carbonyl (C=O) groups is 2. The smallest absolute Gasteiger partial charge is 0.311 e. The molecule has 1 aliphatic rings. The molecule has 1 atom stereocenters. The second-order valence-corrected chi connectivity index (χ2v) is 4.32. The number of hydrogen-bond acceptors (Lipinski definition) is 3. The molecule has 18 heavy (non-hydrogen) atoms. The third kappa shape index (κ3) is 2.22. The van der Waals surface area contributed by atoms with Crippen LogP contribution in [-0.2, 0) is 9.59 Å². The molecule has 96 valence electrons. The normalized spacial score (nSPS) is 18.3. The van der Waals surface area contributed by atoms with Gasteiger partial charge in [-0.15, -0.1) is 0 Å². The molecule has 1 aromatic carbocycles. The van der Waals surface area contributed by atoms with Crippen LogP contribution in [0.1, 0.15) is 24.3 Å². The Morgan fingerprint density at radius 2 is 2.11 bits per heavy atom. The van der Waals surface area contributed by atoms with E-state index in [0.717, 1.165) is 0 Å². The molecule has 3 N–H and O–H groups in total. The van der Waals surface area contributed by atoms with E-state index in [-0.39, 0.29) is 12.3 Å². The molecule has 0 fully saturated rings. The summed E-state index contributed by atoms with van der Waals surface area (Å²) in [6, 6.07) is 7.17. The van der Waals surface area contributed by atoms with E-state index < -0.39 is 11.9 Å². The van der Waals surface area contributed by atoms with E-state index in [4.69, 9.17) is 5.73 Å². The first-order chi connectivity index (χ1) is 8.65. The second kappa shape index (κ2) is 5.18. The Bertz CT molecular complexity index is 473. The van der Waals surface area contributed by atoms with Gasteiger partial charge in [0.1, 0.15) is 0 Å². The van der Waals surface area contributed by atoms with E-state index in [1.54, 1.807) is 23.1 Å². The van der Waals surface area contributed by atoms with Gasteiger partial charge in [0.15, 0.2) is 0 Å². The minimum absolute atomic E-state index is 0.0474. The number of carboxylic acids is 1. The maximum absolute atomic E-state index is 11.9. The number of fused-ring (bicyclic) bond motifs is 1. The van der Waals surface area contributed by atoms with Gasteiger partial charge in [0.05, 0.1) is 5.92 Å². The summed E-state index contributed by atoms with van der Waals surface area (Å²) >= 11 is 0. The molecule has 0 radical (unpaired) electrons. The summed E-state index contributed by atoms with van der Waals surface area (Å²) in [7, 11) is 0. The fraction of sp³-hybridized carbons (Fsp3) is 0.385. The summed E-state index contributed by atoms with van der Waals surface area (Å²) in [6.45, 7) is 0.743. The van der Waals surface area contributed by atoms with Crippen molar-refractivity contribution in [1.29, 1.82) is 0 Å². The minimum Gasteiger partial charge on any atom is -0.481 e. The first-order valence-corrected chi connectivity index (χ1v) is 5.97. The average molecular weight is 248 g/mol. The fourth-order valence-corrected chi connectivity index (χ4v) is 2.34. The molecule has 1 aromatic rings. The standard InChI is InChI=1S/C13H16N2O3/c14-7-5-12(16)15-8-6-10(13(17)18)9-3-1-2-4-11(9)15/h1-4,10H,5-8,14H2,(H,17,18). The molecule has 2 rings (SSSR count). The van der Waals surface area contributed by atoms with Crippen LogP contribution in [0.4, 0.5) is 5.69 Å². The van der Waals surface area contributed by atoms with Crippen LogP contribution in [0.2, 0.25) is 0 Å². The molecule has 0 aliphatic carbocycles. The molecule has 0 bridgehead atoms. The van der Waals surface area contributed by atoms with Gasteiger partial charge in [0, 0.05) is 25.2 Å². The van der Waals surface area contributed by atoms with E-state index in [0.29, 0.717) is 30.8 Å². The predicted octanol–water partition coefficient (Wildman–Crippen LogP) is 0.940. The Labute approximate surface area is 105 Å². The molecule has 0 saturated carbocycles. The van der Waals surface area contributed by atoms with Crippen molar-refractivity contribution in [2.24, 2.45) is 5.73 Å². The zero-order valence-corrected chi connectivity index (χ0v) is 10.0. The summed E-state index contributed by atoms with van der Waals surface area (Å²) in [5.41, 5.74) is 6.80. The number of aliphatic carboxylic acids is 1. The number of rotatable bonds is 3. The van der Waals surface area contributed by atoms with Crippen LogP contribution in [0.3, 0.4) is 0 Å². The van der Waals surface area contributed by atoms with Gasteiger partial charge in [-0.1, -0.05) is 18.2 Å². The Balaban J connectivity index is 2.36. The van der Waals surface area contributed by atoms with E-state index in [1.807, 2.05) is 6.07 Å². The zero-order chi connectivity index (χ0) is 13.1. The third-order valence-electron chi connectivity index (χ3n) is 3.20. The highest BCUT2D eigenvalue weighted by molar-refractivity contribution is 5.96. The van der Waals surface area contributed by atoms with Crippen LogP contribution in [-0.4, -0.2) is 30.1 Å². The van der Waals surface area contributed by atoms with Crippen molar-refractivity contribution in [1.82, 2.24) is 0 Å². The van der Waals surface area contributed by atoms with E-state index in [9.17, 15) is 14.7 Å². The molecular formula is C13H16N2O3. The Hall–Kier alpha value is -1.88. The van der Waals surface area contributed by atoms with Gasteiger partial charge in [0.2, 0.25) is 5.91 Å². The lowest BCUT2D eigenvalue weighted by Gasteiger charge is -2.32. The van der Waals surface area contributed by atoms with Gasteiger partial charge >= 0.3 is 5.97 Å². The molecule has 0 aromatic heterocycles. The van der Waals surface area contributed by atoms with E-state index >= 15 is 0 Å². The van der Waals surface area contributed by atoms with Crippen molar-refractivity contribution < 1.29 is 14.7 Å². The van der Waals surface area contributed by atoms with Crippen molar-refractivity contribution in [3.63, 3.8) is 0 Å². The number of amides is 1. The van der Waals surface area contributed by atoms with E-state index in [2.05, 4.69) is 0 Å². The van der Waals surface area contributed by atoms with Gasteiger partial charge in [-0.3, -0.25) is 9.59 Å². The first kappa shape index (κ1) is 12.6. The zero-order valence-electron chi connectivity index (χ0n) is 10.0. The molecular weight excluding hydrogens is 232 g/mol. The number of para-hydroxylation sites is 1. The highest BCUT2D eigenvalue weighted by atomic mass is 16.4. The van der Waals surface area contributed by atoms with Crippen LogP contribution in [0.25, 0.3) is 0 Å². The number of hydrogen-bond donors (Lipinski definition) is 2. The first-order valence-electron chi connectivity index (χ1n) is 5.97. The number of nitrogens with two attached hydrogens (primary N) is 1. The van der Waals surface area contributed by atoms with Crippen molar-refractivity contribution in [3.8, 4) is 0 Å². The number of anilines is 1. The maximum Gasteiger partial charge on any atom is 0.311 e. The van der Waals surface area contributed by atoms with Crippen molar-refractivity contribution in [2.75, 3.05) is 18.0 Å². The second-order valence-electron chi connectivity index (χ2n) is 4.32. The average Bonchev–Trinajstić information content (AvgIpc) is 2.37. The molecule has 0 spiro atoms. The predicted molar refractivity (Wildman–Crippen MR) is 67.5 cm³/mol. The minimum atomic E-state index is -0.839. The van der Waals surface area contributed by atoms with Crippen LogP contribution in [0.15, 0.2) is 24.3 Å². The van der Waals surface area contributed by atoms with Crippen LogP contribution < -0.4 is 10.6 Å². The van der Waals surface area contributed by atoms with Crippen LogP contribution in [0.5, 0.6) is 0 Å². The van der Waals surface area contributed by atoms with Gasteiger partial charge in [-0.05, 0) is 18.1 Å². The van der Waals surface area contributed by atoms with Crippen molar-refractivity contribution >= 4 is 17.6 Å². The Morgan fingerprint density at radius 1 is 1.39 bits per heavy atom. The highest BCUT2D eigenvalue weighted by Gasteiger charge is 2.31. The lowest BCUT2D eigenvalue weighted by atomic mass is 9.90. The monoisotopic (exact) mass is 248 g/mol. The molecule has 5 nitrogen and oxygen atoms in total. The Morgan fingerprint density at radius 3 is 2.78 bits per heavy atom. The SMILES string of the molecule is NCCC(=O)N1CCC(C(=O)O)c2ccccc21. The topological polar surface area (TPSA) is 83.6 Å². The number of nitrogens with zero attached hydrogens (tertiary/aromatic N) is 1. The molecule has 5 heteroatoms. The van der Waals surface area contributed by atoms with Gasteiger partial charge in [-0.2, -0.15) is 0 Å². The quantitative estimate of drug-likeness (QED) is 0.833. The van der Waals surface area contributed by atoms with Gasteiger partial charge in [-0.25, -0.2) is 0 Å². The van der Waals surface area contributed by atoms with Crippen LogP contribution >= 0.6 is 0 Å². The van der Waals surface area contributed by atoms with Crippen LogP contribution in [0, 0.1) is 0 Å². The largest absolute Gasteiger partial charge is 0.481 e. The highest BCUT2D eigenvalue weighted by Crippen LogP contribution is 2.35. The summed E-state index contributed by atoms with van der Waals surface area (Å²) in [4.78, 5) is 24.8. The lowest BCUT2D eigenvalue weighted by Crippen LogP contribution is -2.38. The molecule has 0 saturated heterocycles. The molecule has 1 amide bonds. The molecule has 1 unspecified atom stereocenters. The fourth-order valence-electron chi connectivity index (χ4n) is 2.34. The lowest BCUT2D eigenvalue weighted by molar-refractivity contribution is -0.139. The Kier molecular flexibility index (Phi) is 3.62. The summed E-state index contributed by atoms with van der Waals surface area (Å²) < 4.78 is 0. The number of carbonyl (C=O) groups excluding carboxylic acids is 1. The van der Waals surface area contributed by atoms with Gasteiger partial charge < -0.3 is 15.7 Å². The third-order valence-corrected chi connectivity index (χ3v) is 3.20. The van der Waals surface area contributed by atoms with Crippen molar-refractivity contribution in [2.45, 2.75) is 18.8 Å². The maximum atomic E-state index is 11.9. The van der Waals surface area contributed by atoms with E-state index in [1.165, 1.54) is 0 Å². The van der Waals surface area contributed by atoms with Crippen molar-refractivity contribution in [3.05, 3.63) is 29.8 Å². The summed E-state index contributed by atoms with van der Waals surface area (Å²) in [6.07, 6.45) is 0.731. The number of carboxylic acid groups (broad SMARTS) is 1. The molecule has 1 aliphatic heterocycles. The van der Waals surface area contributed by atoms with Gasteiger partial charge in [0.25, 0.3) is 0 Å².